The van der Waals surface area contributed by atoms with Crippen LogP contribution in [0, 0.1) is 0 Å². The molecule has 27 heavy (non-hydrogen) atoms. The highest BCUT2D eigenvalue weighted by atomic mass is 35.5. The van der Waals surface area contributed by atoms with Crippen LogP contribution in [0.5, 0.6) is 0 Å². The second-order valence-corrected chi connectivity index (χ2v) is 6.36. The van der Waals surface area contributed by atoms with Gasteiger partial charge in [-0.15, -0.1) is 0 Å². The van der Waals surface area contributed by atoms with Crippen molar-refractivity contribution in [1.82, 2.24) is 24.6 Å². The highest BCUT2D eigenvalue weighted by Gasteiger charge is 2.18. The molecule has 7 nitrogen and oxygen atoms in total. The molecule has 1 N–H and O–H groups in total. The highest BCUT2D eigenvalue weighted by Crippen LogP contribution is 2.27. The Labute approximate surface area is 161 Å². The van der Waals surface area contributed by atoms with Crippen LogP contribution in [-0.2, 0) is 11.3 Å². The van der Waals surface area contributed by atoms with E-state index in [2.05, 4.69) is 25.4 Å². The first kappa shape index (κ1) is 17.4. The molecule has 0 aliphatic carbocycles. The van der Waals surface area contributed by atoms with E-state index in [-0.39, 0.29) is 6.04 Å². The summed E-state index contributed by atoms with van der Waals surface area (Å²) in [6, 6.07) is 15.2. The van der Waals surface area contributed by atoms with Crippen molar-refractivity contribution in [2.75, 3.05) is 12.4 Å². The molecule has 4 aromatic rings. The molecular weight excluding hydrogens is 364 g/mol. The molecule has 0 saturated heterocycles. The van der Waals surface area contributed by atoms with Crippen LogP contribution >= 0.6 is 11.6 Å². The lowest BCUT2D eigenvalue weighted by Crippen LogP contribution is -2.17. The molecule has 0 radical (unpaired) electrons. The van der Waals surface area contributed by atoms with Crippen molar-refractivity contribution in [1.29, 1.82) is 0 Å². The van der Waals surface area contributed by atoms with E-state index in [1.165, 1.54) is 6.33 Å². The third-order valence-corrected chi connectivity index (χ3v) is 4.29. The van der Waals surface area contributed by atoms with Crippen LogP contribution in [0.4, 0.5) is 5.82 Å². The Morgan fingerprint density at radius 1 is 1.15 bits per heavy atom. The lowest BCUT2D eigenvalue weighted by atomic mass is 10.0. The standard InChI is InChI=1S/C19H17ClN6O/c1-27-11-15-10-17(26-19(24-15)22-12-23-26)25-18(16-7-2-3-8-21-16)13-5-4-6-14(20)9-13/h2-10,12,18,25H,11H2,1H3. The molecule has 0 saturated carbocycles. The minimum absolute atomic E-state index is 0.227. The van der Waals surface area contributed by atoms with E-state index in [9.17, 15) is 0 Å². The summed E-state index contributed by atoms with van der Waals surface area (Å²) in [5.74, 6) is 1.23. The van der Waals surface area contributed by atoms with E-state index in [1.807, 2.05) is 48.5 Å². The Morgan fingerprint density at radius 3 is 2.85 bits per heavy atom. The lowest BCUT2D eigenvalue weighted by Gasteiger charge is -2.21. The van der Waals surface area contributed by atoms with Crippen molar-refractivity contribution in [3.63, 3.8) is 0 Å². The highest BCUT2D eigenvalue weighted by molar-refractivity contribution is 6.30. The van der Waals surface area contributed by atoms with Crippen LogP contribution in [0.1, 0.15) is 23.0 Å². The molecule has 3 heterocycles. The largest absolute Gasteiger partial charge is 0.378 e. The molecule has 1 atom stereocenters. The topological polar surface area (TPSA) is 77.2 Å². The van der Waals surface area contributed by atoms with E-state index < -0.39 is 0 Å². The maximum atomic E-state index is 6.22. The molecule has 8 heteroatoms. The number of anilines is 1. The third kappa shape index (κ3) is 3.74. The molecule has 0 bridgehead atoms. The summed E-state index contributed by atoms with van der Waals surface area (Å²) in [7, 11) is 1.63. The maximum Gasteiger partial charge on any atom is 0.254 e. The first-order chi connectivity index (χ1) is 13.2. The van der Waals surface area contributed by atoms with Crippen molar-refractivity contribution in [3.8, 4) is 0 Å². The molecule has 0 fully saturated rings. The molecular formula is C19H17ClN6O. The fourth-order valence-electron chi connectivity index (χ4n) is 2.89. The van der Waals surface area contributed by atoms with Gasteiger partial charge < -0.3 is 10.1 Å². The summed E-state index contributed by atoms with van der Waals surface area (Å²) in [6.07, 6.45) is 3.24. The van der Waals surface area contributed by atoms with E-state index >= 15 is 0 Å². The summed E-state index contributed by atoms with van der Waals surface area (Å²) < 4.78 is 6.87. The number of rotatable bonds is 6. The SMILES string of the molecule is COCc1cc(NC(c2cccc(Cl)c2)c2ccccn2)n2ncnc2n1. The number of halogens is 1. The van der Waals surface area contributed by atoms with Crippen LogP contribution in [0.3, 0.4) is 0 Å². The van der Waals surface area contributed by atoms with Gasteiger partial charge in [-0.1, -0.05) is 29.8 Å². The number of methoxy groups -OCH3 is 1. The predicted octanol–water partition coefficient (Wildman–Crippen LogP) is 3.52. The number of hydrogen-bond donors (Lipinski definition) is 1. The quantitative estimate of drug-likeness (QED) is 0.551. The van der Waals surface area contributed by atoms with Gasteiger partial charge in [-0.3, -0.25) is 4.98 Å². The van der Waals surface area contributed by atoms with Gasteiger partial charge in [-0.05, 0) is 29.8 Å². The smallest absolute Gasteiger partial charge is 0.254 e. The van der Waals surface area contributed by atoms with Crippen LogP contribution in [0.15, 0.2) is 61.1 Å². The van der Waals surface area contributed by atoms with Gasteiger partial charge in [-0.25, -0.2) is 4.98 Å². The van der Waals surface area contributed by atoms with Gasteiger partial charge in [0.2, 0.25) is 0 Å². The van der Waals surface area contributed by atoms with Crippen molar-refractivity contribution in [3.05, 3.63) is 83.0 Å². The minimum atomic E-state index is -0.227. The number of aromatic nitrogens is 5. The van der Waals surface area contributed by atoms with Crippen LogP contribution in [0.25, 0.3) is 5.78 Å². The summed E-state index contributed by atoms with van der Waals surface area (Å²) in [5.41, 5.74) is 2.60. The van der Waals surface area contributed by atoms with Gasteiger partial charge in [0.05, 0.1) is 24.0 Å². The molecule has 136 valence electrons. The average Bonchev–Trinajstić information content (AvgIpc) is 3.16. The van der Waals surface area contributed by atoms with Gasteiger partial charge in [0, 0.05) is 24.4 Å². The Hall–Kier alpha value is -3.03. The number of hydrogen-bond acceptors (Lipinski definition) is 6. The minimum Gasteiger partial charge on any atom is -0.378 e. The zero-order valence-electron chi connectivity index (χ0n) is 14.6. The summed E-state index contributed by atoms with van der Waals surface area (Å²) >= 11 is 6.22. The third-order valence-electron chi connectivity index (χ3n) is 4.05. The molecule has 0 aliphatic rings. The Kier molecular flexibility index (Phi) is 4.95. The van der Waals surface area contributed by atoms with Crippen molar-refractivity contribution in [2.24, 2.45) is 0 Å². The van der Waals surface area contributed by atoms with Gasteiger partial charge in [0.25, 0.3) is 5.78 Å². The second kappa shape index (κ2) is 7.69. The molecule has 3 aromatic heterocycles. The number of ether oxygens (including phenoxy) is 1. The Morgan fingerprint density at radius 2 is 2.07 bits per heavy atom. The van der Waals surface area contributed by atoms with Crippen LogP contribution in [0.2, 0.25) is 5.02 Å². The number of nitrogens with one attached hydrogen (secondary N) is 1. The van der Waals surface area contributed by atoms with E-state index in [1.54, 1.807) is 17.8 Å². The van der Waals surface area contributed by atoms with Gasteiger partial charge >= 0.3 is 0 Å². The summed E-state index contributed by atoms with van der Waals surface area (Å²) in [4.78, 5) is 13.2. The average molecular weight is 381 g/mol. The second-order valence-electron chi connectivity index (χ2n) is 5.92. The number of pyridine rings is 1. The van der Waals surface area contributed by atoms with Crippen molar-refractivity contribution < 1.29 is 4.74 Å². The van der Waals surface area contributed by atoms with Crippen molar-refractivity contribution in [2.45, 2.75) is 12.6 Å². The van der Waals surface area contributed by atoms with E-state index in [0.717, 1.165) is 22.8 Å². The molecule has 4 rings (SSSR count). The van der Waals surface area contributed by atoms with Gasteiger partial charge in [0.15, 0.2) is 0 Å². The zero-order valence-corrected chi connectivity index (χ0v) is 15.3. The first-order valence-corrected chi connectivity index (χ1v) is 8.74. The molecule has 0 aliphatic heterocycles. The van der Waals surface area contributed by atoms with Gasteiger partial charge in [0.1, 0.15) is 12.1 Å². The normalized spacial score (nSPS) is 12.2. The fraction of sp³-hybridized carbons (Fsp3) is 0.158. The zero-order chi connectivity index (χ0) is 18.6. The maximum absolute atomic E-state index is 6.22. The number of fused-ring (bicyclic) bond motifs is 1. The molecule has 1 aromatic carbocycles. The van der Waals surface area contributed by atoms with Crippen LogP contribution < -0.4 is 5.32 Å². The number of nitrogens with zero attached hydrogens (tertiary/aromatic N) is 5. The molecule has 0 spiro atoms. The Balaban J connectivity index is 1.80. The summed E-state index contributed by atoms with van der Waals surface area (Å²) in [5, 5.41) is 8.44. The van der Waals surface area contributed by atoms with E-state index in [0.29, 0.717) is 17.4 Å². The van der Waals surface area contributed by atoms with Crippen molar-refractivity contribution >= 4 is 23.2 Å². The monoisotopic (exact) mass is 380 g/mol. The predicted molar refractivity (Wildman–Crippen MR) is 103 cm³/mol. The first-order valence-electron chi connectivity index (χ1n) is 8.36. The molecule has 1 unspecified atom stereocenters. The number of benzene rings is 1. The Bertz CT molecular complexity index is 1050. The van der Waals surface area contributed by atoms with Gasteiger partial charge in [-0.2, -0.15) is 14.6 Å². The van der Waals surface area contributed by atoms with E-state index in [4.69, 9.17) is 16.3 Å². The fourth-order valence-corrected chi connectivity index (χ4v) is 3.09. The summed E-state index contributed by atoms with van der Waals surface area (Å²) in [6.45, 7) is 0.378. The molecule has 0 amide bonds. The van der Waals surface area contributed by atoms with Crippen LogP contribution in [-0.4, -0.2) is 31.7 Å². The lowest BCUT2D eigenvalue weighted by molar-refractivity contribution is 0.181.